The number of anilines is 1. The summed E-state index contributed by atoms with van der Waals surface area (Å²) in [6.45, 7) is 5.83. The third kappa shape index (κ3) is 5.73. The summed E-state index contributed by atoms with van der Waals surface area (Å²) in [5, 5.41) is 14.1. The first kappa shape index (κ1) is 26.2. The normalized spacial score (nSPS) is 19.1. The van der Waals surface area contributed by atoms with Gasteiger partial charge in [0, 0.05) is 30.2 Å². The standard InChI is InChI=1S/C30H31N5O4/c1-18-16-35(17-19(2)28(18)36)27-9-5-8-24(34-27)25-11-10-22-14-31-23(13-26(22)33-25)15-32-29(37)20-6-4-7-21(12-20)30(38)39-3/h4-14,18-19,28,36H,15-17H2,1-3H3,(H,32,37)/t18-,19+,28?. The van der Waals surface area contributed by atoms with Crippen molar-refractivity contribution >= 4 is 28.6 Å². The summed E-state index contributed by atoms with van der Waals surface area (Å²) < 4.78 is 4.73. The van der Waals surface area contributed by atoms with Crippen LogP contribution in [-0.2, 0) is 11.3 Å². The van der Waals surface area contributed by atoms with Crippen molar-refractivity contribution in [3.8, 4) is 11.4 Å². The SMILES string of the molecule is COC(=O)c1cccc(C(=O)NCc2cc3nc(-c4cccc(N5C[C@@H](C)C(O)[C@@H](C)C5)n4)ccc3cn2)c1. The Hall–Kier alpha value is -4.37. The highest BCUT2D eigenvalue weighted by Crippen LogP contribution is 2.28. The summed E-state index contributed by atoms with van der Waals surface area (Å²) in [7, 11) is 1.30. The molecule has 39 heavy (non-hydrogen) atoms. The van der Waals surface area contributed by atoms with E-state index in [1.165, 1.54) is 13.2 Å². The number of aliphatic hydroxyl groups excluding tert-OH is 1. The molecule has 200 valence electrons. The Balaban J connectivity index is 1.32. The van der Waals surface area contributed by atoms with Crippen LogP contribution < -0.4 is 10.2 Å². The fourth-order valence-corrected chi connectivity index (χ4v) is 4.95. The van der Waals surface area contributed by atoms with Crippen molar-refractivity contribution in [1.82, 2.24) is 20.3 Å². The first-order valence-electron chi connectivity index (χ1n) is 12.9. The zero-order chi connectivity index (χ0) is 27.5. The van der Waals surface area contributed by atoms with Crippen LogP contribution in [-0.4, -0.2) is 58.2 Å². The molecule has 1 unspecified atom stereocenters. The molecule has 1 amide bonds. The summed E-state index contributed by atoms with van der Waals surface area (Å²) in [5.41, 5.74) is 3.57. The van der Waals surface area contributed by atoms with Crippen molar-refractivity contribution < 1.29 is 19.4 Å². The number of carbonyl (C=O) groups excluding carboxylic acids is 2. The second-order valence-corrected chi connectivity index (χ2v) is 10.1. The van der Waals surface area contributed by atoms with Gasteiger partial charge in [-0.15, -0.1) is 0 Å². The first-order chi connectivity index (χ1) is 18.8. The number of esters is 1. The molecular formula is C30H31N5O4. The number of piperidine rings is 1. The van der Waals surface area contributed by atoms with E-state index in [0.29, 0.717) is 16.8 Å². The average Bonchev–Trinajstić information content (AvgIpc) is 2.97. The number of carbonyl (C=O) groups is 2. The average molecular weight is 526 g/mol. The third-order valence-corrected chi connectivity index (χ3v) is 7.11. The van der Waals surface area contributed by atoms with Crippen LogP contribution in [0.1, 0.15) is 40.3 Å². The fraction of sp³-hybridized carbons (Fsp3) is 0.300. The van der Waals surface area contributed by atoms with Crippen molar-refractivity contribution in [2.24, 2.45) is 11.8 Å². The number of fused-ring (bicyclic) bond motifs is 1. The van der Waals surface area contributed by atoms with Crippen LogP contribution in [0.25, 0.3) is 22.3 Å². The number of aliphatic hydroxyl groups is 1. The molecule has 5 rings (SSSR count). The zero-order valence-electron chi connectivity index (χ0n) is 22.2. The zero-order valence-corrected chi connectivity index (χ0v) is 22.2. The van der Waals surface area contributed by atoms with Crippen LogP contribution in [0.15, 0.2) is 66.9 Å². The molecule has 1 aromatic carbocycles. The number of hydrogen-bond donors (Lipinski definition) is 2. The number of ether oxygens (including phenoxy) is 1. The molecule has 2 N–H and O–H groups in total. The molecule has 0 bridgehead atoms. The fourth-order valence-electron chi connectivity index (χ4n) is 4.95. The number of aromatic nitrogens is 3. The van der Waals surface area contributed by atoms with Crippen LogP contribution in [0.2, 0.25) is 0 Å². The lowest BCUT2D eigenvalue weighted by molar-refractivity contribution is 0.0527. The molecule has 0 radical (unpaired) electrons. The van der Waals surface area contributed by atoms with E-state index in [-0.39, 0.29) is 30.4 Å². The Morgan fingerprint density at radius 3 is 2.46 bits per heavy atom. The number of methoxy groups -OCH3 is 1. The van der Waals surface area contributed by atoms with Crippen LogP contribution in [0.4, 0.5) is 5.82 Å². The van der Waals surface area contributed by atoms with Gasteiger partial charge < -0.3 is 20.1 Å². The van der Waals surface area contributed by atoms with Crippen LogP contribution in [0.5, 0.6) is 0 Å². The maximum Gasteiger partial charge on any atom is 0.337 e. The second-order valence-electron chi connectivity index (χ2n) is 10.1. The van der Waals surface area contributed by atoms with E-state index in [4.69, 9.17) is 14.7 Å². The molecule has 1 aliphatic heterocycles. The van der Waals surface area contributed by atoms with E-state index in [2.05, 4.69) is 29.0 Å². The van der Waals surface area contributed by atoms with Gasteiger partial charge in [0.15, 0.2) is 0 Å². The van der Waals surface area contributed by atoms with E-state index in [0.717, 1.165) is 41.2 Å². The van der Waals surface area contributed by atoms with E-state index >= 15 is 0 Å². The molecule has 0 saturated carbocycles. The summed E-state index contributed by atoms with van der Waals surface area (Å²) in [4.78, 5) is 40.8. The summed E-state index contributed by atoms with van der Waals surface area (Å²) in [6.07, 6.45) is 1.43. The van der Waals surface area contributed by atoms with Gasteiger partial charge in [-0.2, -0.15) is 0 Å². The lowest BCUT2D eigenvalue weighted by Gasteiger charge is -2.39. The van der Waals surface area contributed by atoms with E-state index in [1.807, 2.05) is 36.4 Å². The Kier molecular flexibility index (Phi) is 7.51. The van der Waals surface area contributed by atoms with Gasteiger partial charge in [0.25, 0.3) is 5.91 Å². The van der Waals surface area contributed by atoms with Crippen molar-refractivity contribution in [2.75, 3.05) is 25.1 Å². The lowest BCUT2D eigenvalue weighted by Crippen LogP contribution is -2.47. The molecule has 3 aromatic heterocycles. The van der Waals surface area contributed by atoms with Crippen LogP contribution in [0.3, 0.4) is 0 Å². The second kappa shape index (κ2) is 11.2. The number of benzene rings is 1. The predicted molar refractivity (Wildman–Crippen MR) is 148 cm³/mol. The molecule has 9 nitrogen and oxygen atoms in total. The van der Waals surface area contributed by atoms with Gasteiger partial charge in [-0.3, -0.25) is 9.78 Å². The van der Waals surface area contributed by atoms with Crippen molar-refractivity contribution in [3.05, 3.63) is 83.7 Å². The number of nitrogens with one attached hydrogen (secondary N) is 1. The minimum Gasteiger partial charge on any atom is -0.465 e. The van der Waals surface area contributed by atoms with Gasteiger partial charge in [-0.25, -0.2) is 14.8 Å². The highest BCUT2D eigenvalue weighted by Gasteiger charge is 2.31. The molecule has 3 atom stereocenters. The maximum atomic E-state index is 12.7. The smallest absolute Gasteiger partial charge is 0.337 e. The van der Waals surface area contributed by atoms with Crippen molar-refractivity contribution in [1.29, 1.82) is 0 Å². The van der Waals surface area contributed by atoms with Crippen molar-refractivity contribution in [2.45, 2.75) is 26.5 Å². The number of nitrogens with zero attached hydrogens (tertiary/aromatic N) is 4. The summed E-state index contributed by atoms with van der Waals surface area (Å²) in [6, 6.07) is 18.0. The highest BCUT2D eigenvalue weighted by atomic mass is 16.5. The third-order valence-electron chi connectivity index (χ3n) is 7.11. The summed E-state index contributed by atoms with van der Waals surface area (Å²) in [5.74, 6) is 0.387. The minimum absolute atomic E-state index is 0.168. The molecule has 9 heteroatoms. The van der Waals surface area contributed by atoms with Gasteiger partial charge in [-0.05, 0) is 60.4 Å². The molecule has 1 aliphatic rings. The van der Waals surface area contributed by atoms with E-state index < -0.39 is 5.97 Å². The van der Waals surface area contributed by atoms with Crippen LogP contribution >= 0.6 is 0 Å². The van der Waals surface area contributed by atoms with E-state index in [1.54, 1.807) is 24.4 Å². The largest absolute Gasteiger partial charge is 0.465 e. The Morgan fingerprint density at radius 1 is 0.974 bits per heavy atom. The van der Waals surface area contributed by atoms with Crippen molar-refractivity contribution in [3.63, 3.8) is 0 Å². The molecule has 1 saturated heterocycles. The first-order valence-corrected chi connectivity index (χ1v) is 12.9. The topological polar surface area (TPSA) is 118 Å². The number of hydrogen-bond acceptors (Lipinski definition) is 8. The van der Waals surface area contributed by atoms with Gasteiger partial charge in [0.05, 0.1) is 47.9 Å². The van der Waals surface area contributed by atoms with E-state index in [9.17, 15) is 14.7 Å². The van der Waals surface area contributed by atoms with Crippen LogP contribution in [0, 0.1) is 11.8 Å². The quantitative estimate of drug-likeness (QED) is 0.365. The predicted octanol–water partition coefficient (Wildman–Crippen LogP) is 3.86. The van der Waals surface area contributed by atoms with Gasteiger partial charge >= 0.3 is 5.97 Å². The highest BCUT2D eigenvalue weighted by molar-refractivity contribution is 5.97. The number of pyridine rings is 3. The molecular weight excluding hydrogens is 494 g/mol. The monoisotopic (exact) mass is 525 g/mol. The molecule has 1 fully saturated rings. The van der Waals surface area contributed by atoms with Gasteiger partial charge in [-0.1, -0.05) is 26.0 Å². The lowest BCUT2D eigenvalue weighted by atomic mass is 9.88. The number of amides is 1. The number of rotatable bonds is 6. The Bertz CT molecular complexity index is 1510. The molecule has 4 aromatic rings. The molecule has 0 spiro atoms. The maximum absolute atomic E-state index is 12.7. The summed E-state index contributed by atoms with van der Waals surface area (Å²) >= 11 is 0. The minimum atomic E-state index is -0.499. The van der Waals surface area contributed by atoms with Gasteiger partial charge in [0.2, 0.25) is 0 Å². The Morgan fingerprint density at radius 2 is 1.69 bits per heavy atom. The molecule has 4 heterocycles. The van der Waals surface area contributed by atoms with Gasteiger partial charge in [0.1, 0.15) is 5.82 Å². The Labute approximate surface area is 226 Å². The molecule has 0 aliphatic carbocycles.